The Bertz CT molecular complexity index is 4150. The fourth-order valence-corrected chi connectivity index (χ4v) is 11.8. The van der Waals surface area contributed by atoms with Crippen molar-refractivity contribution >= 4 is 101 Å². The standard InChI is InChI=1S/C66H53BN2O4/c1-38-28-44(50-37-70-57-23-14-11-20-48(50)57)29-39(2)62(38)69-54-36-46(66(6,7)8)35-53-61(54)67(64-63(69)49-34-45(65(3,4)5)25-27-58(49)73-64)51-26-24-43(60-33-42-17-10-13-22-56(42)72-60)31-52(51)68(53)47-19-15-18-40(30-47)59-32-41-16-9-12-21-55(41)71-59/h9-37H,1-8H3. The number of anilines is 6. The average Bonchev–Trinajstić information content (AvgIpc) is 4.21. The Morgan fingerprint density at radius 3 is 1.74 bits per heavy atom. The molecule has 0 atom stereocenters. The Morgan fingerprint density at radius 2 is 1.07 bits per heavy atom. The van der Waals surface area contributed by atoms with E-state index in [4.69, 9.17) is 17.7 Å². The molecule has 0 bridgehead atoms. The van der Waals surface area contributed by atoms with Crippen molar-refractivity contribution in [3.05, 3.63) is 198 Å². The van der Waals surface area contributed by atoms with Crippen LogP contribution in [0, 0.1) is 13.8 Å². The van der Waals surface area contributed by atoms with Gasteiger partial charge in [0.15, 0.2) is 0 Å². The molecule has 14 rings (SSSR count). The molecule has 6 nitrogen and oxygen atoms in total. The second-order valence-electron chi connectivity index (χ2n) is 22.3. The van der Waals surface area contributed by atoms with E-state index in [1.54, 1.807) is 0 Å². The van der Waals surface area contributed by atoms with Gasteiger partial charge in [0.1, 0.15) is 33.9 Å². The van der Waals surface area contributed by atoms with Crippen LogP contribution in [0.25, 0.3) is 77.7 Å². The predicted molar refractivity (Wildman–Crippen MR) is 303 cm³/mol. The van der Waals surface area contributed by atoms with Gasteiger partial charge in [-0.25, -0.2) is 0 Å². The van der Waals surface area contributed by atoms with Crippen LogP contribution in [-0.2, 0) is 10.8 Å². The van der Waals surface area contributed by atoms with Crippen molar-refractivity contribution in [1.29, 1.82) is 0 Å². The number of fused-ring (bicyclic) bond motifs is 9. The minimum Gasteiger partial charge on any atom is -0.468 e. The van der Waals surface area contributed by atoms with E-state index in [0.29, 0.717) is 0 Å². The molecule has 0 saturated heterocycles. The van der Waals surface area contributed by atoms with E-state index in [1.807, 2.05) is 42.7 Å². The molecule has 12 aromatic rings. The van der Waals surface area contributed by atoms with Crippen molar-refractivity contribution in [2.75, 3.05) is 9.80 Å². The van der Waals surface area contributed by atoms with Gasteiger partial charge < -0.3 is 27.5 Å². The van der Waals surface area contributed by atoms with Crippen LogP contribution in [0.15, 0.2) is 194 Å². The second kappa shape index (κ2) is 15.5. The van der Waals surface area contributed by atoms with E-state index in [0.717, 1.165) is 134 Å². The number of furan rings is 4. The zero-order chi connectivity index (χ0) is 49.7. The Labute approximate surface area is 425 Å². The predicted octanol–water partition coefficient (Wildman–Crippen LogP) is 17.0. The highest BCUT2D eigenvalue weighted by atomic mass is 16.3. The van der Waals surface area contributed by atoms with Gasteiger partial charge in [-0.3, -0.25) is 0 Å². The summed E-state index contributed by atoms with van der Waals surface area (Å²) in [4.78, 5) is 5.03. The van der Waals surface area contributed by atoms with Crippen molar-refractivity contribution in [2.24, 2.45) is 0 Å². The quantitative estimate of drug-likeness (QED) is 0.160. The first-order chi connectivity index (χ1) is 35.2. The highest BCUT2D eigenvalue weighted by molar-refractivity contribution is 7.00. The summed E-state index contributed by atoms with van der Waals surface area (Å²) in [6.45, 7) is 18.1. The number of hydrogen-bond acceptors (Lipinski definition) is 6. The maximum atomic E-state index is 7.42. The highest BCUT2D eigenvalue weighted by Crippen LogP contribution is 2.51. The first kappa shape index (κ1) is 43.4. The Kier molecular flexibility index (Phi) is 9.24. The molecule has 0 N–H and O–H groups in total. The summed E-state index contributed by atoms with van der Waals surface area (Å²) in [5, 5.41) is 4.35. The van der Waals surface area contributed by atoms with Gasteiger partial charge in [-0.1, -0.05) is 126 Å². The number of benzene rings is 8. The van der Waals surface area contributed by atoms with Crippen molar-refractivity contribution < 1.29 is 17.7 Å². The van der Waals surface area contributed by atoms with Crippen LogP contribution in [0.4, 0.5) is 34.1 Å². The minimum atomic E-state index is -0.248. The van der Waals surface area contributed by atoms with Gasteiger partial charge >= 0.3 is 0 Å². The summed E-state index contributed by atoms with van der Waals surface area (Å²) < 4.78 is 26.7. The molecular formula is C66H53BN2O4. The van der Waals surface area contributed by atoms with Crippen molar-refractivity contribution in [2.45, 2.75) is 66.2 Å². The number of para-hydroxylation sites is 3. The van der Waals surface area contributed by atoms with Gasteiger partial charge in [0.2, 0.25) is 0 Å². The highest BCUT2D eigenvalue weighted by Gasteiger charge is 2.48. The van der Waals surface area contributed by atoms with Crippen LogP contribution in [0.3, 0.4) is 0 Å². The van der Waals surface area contributed by atoms with Crippen molar-refractivity contribution in [1.82, 2.24) is 0 Å². The van der Waals surface area contributed by atoms with Crippen LogP contribution < -0.4 is 26.4 Å². The summed E-state index contributed by atoms with van der Waals surface area (Å²) in [5.41, 5.74) is 22.0. The van der Waals surface area contributed by atoms with Crippen LogP contribution in [0.5, 0.6) is 0 Å². The number of aryl methyl sites for hydroxylation is 2. The third kappa shape index (κ3) is 6.71. The van der Waals surface area contributed by atoms with E-state index in [2.05, 4.69) is 199 Å². The molecule has 2 aliphatic rings. The molecule has 0 spiro atoms. The third-order valence-corrected chi connectivity index (χ3v) is 15.4. The van der Waals surface area contributed by atoms with E-state index >= 15 is 0 Å². The fraction of sp³-hybridized carbons (Fsp3) is 0.152. The maximum absolute atomic E-state index is 7.42. The monoisotopic (exact) mass is 948 g/mol. The van der Waals surface area contributed by atoms with E-state index < -0.39 is 0 Å². The normalized spacial score (nSPS) is 13.4. The van der Waals surface area contributed by atoms with E-state index in [1.165, 1.54) is 16.6 Å². The van der Waals surface area contributed by atoms with E-state index in [9.17, 15) is 0 Å². The van der Waals surface area contributed by atoms with Crippen LogP contribution in [-0.4, -0.2) is 6.71 Å². The van der Waals surface area contributed by atoms with Gasteiger partial charge in [-0.15, -0.1) is 0 Å². The lowest BCUT2D eigenvalue weighted by Crippen LogP contribution is -2.61. The molecule has 8 aromatic carbocycles. The van der Waals surface area contributed by atoms with Gasteiger partial charge in [-0.2, -0.15) is 0 Å². The Hall–Kier alpha value is -8.42. The maximum Gasteiger partial charge on any atom is 0.297 e. The van der Waals surface area contributed by atoms with Crippen LogP contribution >= 0.6 is 0 Å². The fourth-order valence-electron chi connectivity index (χ4n) is 11.8. The Balaban J connectivity index is 1.07. The average molecular weight is 949 g/mol. The molecule has 0 unspecified atom stereocenters. The molecule has 0 amide bonds. The molecule has 7 heteroatoms. The first-order valence-electron chi connectivity index (χ1n) is 25.4. The molecule has 6 heterocycles. The summed E-state index contributed by atoms with van der Waals surface area (Å²) in [6, 6.07) is 61.1. The van der Waals surface area contributed by atoms with E-state index in [-0.39, 0.29) is 17.5 Å². The summed E-state index contributed by atoms with van der Waals surface area (Å²) in [5.74, 6) is 1.65. The lowest BCUT2D eigenvalue weighted by Gasteiger charge is -2.44. The molecule has 2 aliphatic heterocycles. The largest absolute Gasteiger partial charge is 0.468 e. The lowest BCUT2D eigenvalue weighted by molar-refractivity contribution is 0.590. The zero-order valence-corrected chi connectivity index (χ0v) is 42.3. The van der Waals surface area contributed by atoms with Gasteiger partial charge in [0.25, 0.3) is 6.71 Å². The number of nitrogens with zero attached hydrogens (tertiary/aromatic N) is 2. The third-order valence-electron chi connectivity index (χ3n) is 15.4. The van der Waals surface area contributed by atoms with Crippen molar-refractivity contribution in [3.63, 3.8) is 0 Å². The molecule has 0 saturated carbocycles. The zero-order valence-electron chi connectivity index (χ0n) is 42.3. The molecule has 4 aromatic heterocycles. The van der Waals surface area contributed by atoms with Crippen LogP contribution in [0.2, 0.25) is 0 Å². The SMILES string of the molecule is Cc1cc(-c2coc3ccccc23)cc(C)c1N1c2cc(C(C)(C)C)cc3c2B(c2ccc(-c4cc5ccccc5o4)cc2N3c2cccc(-c3cc4ccccc4o3)c2)c2oc3ccc(C(C)(C)C)cc3c21. The number of hydrogen-bond donors (Lipinski definition) is 0. The number of rotatable bonds is 5. The van der Waals surface area contributed by atoms with Crippen molar-refractivity contribution in [3.8, 4) is 33.8 Å². The lowest BCUT2D eigenvalue weighted by atomic mass is 9.35. The summed E-state index contributed by atoms with van der Waals surface area (Å²) >= 11 is 0. The minimum absolute atomic E-state index is 0.0922. The van der Waals surface area contributed by atoms with Gasteiger partial charge in [0, 0.05) is 61.0 Å². The van der Waals surface area contributed by atoms with Gasteiger partial charge in [0.05, 0.1) is 23.3 Å². The molecular weight excluding hydrogens is 896 g/mol. The smallest absolute Gasteiger partial charge is 0.297 e. The molecule has 0 aliphatic carbocycles. The second-order valence-corrected chi connectivity index (χ2v) is 22.3. The van der Waals surface area contributed by atoms with Crippen LogP contribution in [0.1, 0.15) is 63.8 Å². The molecule has 0 radical (unpaired) electrons. The summed E-state index contributed by atoms with van der Waals surface area (Å²) in [7, 11) is 0. The first-order valence-corrected chi connectivity index (χ1v) is 25.4. The summed E-state index contributed by atoms with van der Waals surface area (Å²) in [6.07, 6.45) is 1.90. The molecule has 354 valence electrons. The Morgan fingerprint density at radius 1 is 0.438 bits per heavy atom. The molecule has 73 heavy (non-hydrogen) atoms. The molecule has 0 fully saturated rings. The topological polar surface area (TPSA) is 59.0 Å². The van der Waals surface area contributed by atoms with Gasteiger partial charge in [-0.05, 0) is 148 Å².